The quantitative estimate of drug-likeness (QED) is 0.382. The number of ketones is 1. The van der Waals surface area contributed by atoms with Gasteiger partial charge in [0.05, 0.1) is 24.9 Å². The Morgan fingerprint density at radius 2 is 2.03 bits per heavy atom. The third kappa shape index (κ3) is 3.48. The zero-order valence-electron chi connectivity index (χ0n) is 16.5. The molecule has 1 aliphatic heterocycles. The van der Waals surface area contributed by atoms with E-state index in [0.717, 1.165) is 10.4 Å². The molecule has 152 valence electrons. The number of hydrogen-bond donors (Lipinski definition) is 1. The van der Waals surface area contributed by atoms with Crippen molar-refractivity contribution in [2.45, 2.75) is 19.5 Å². The van der Waals surface area contributed by atoms with Gasteiger partial charge >= 0.3 is 0 Å². The highest BCUT2D eigenvalue weighted by atomic mass is 32.1. The summed E-state index contributed by atoms with van der Waals surface area (Å²) in [5.74, 6) is -1.02. The number of ether oxygens (including phenoxy) is 1. The molecule has 1 amide bonds. The number of benzene rings is 1. The van der Waals surface area contributed by atoms with Crippen LogP contribution in [0.2, 0.25) is 0 Å². The fourth-order valence-corrected chi connectivity index (χ4v) is 4.62. The van der Waals surface area contributed by atoms with Crippen LogP contribution in [-0.2, 0) is 16.1 Å². The van der Waals surface area contributed by atoms with E-state index in [1.54, 1.807) is 42.6 Å². The van der Waals surface area contributed by atoms with Crippen molar-refractivity contribution in [1.29, 1.82) is 0 Å². The first kappa shape index (κ1) is 19.8. The fourth-order valence-electron chi connectivity index (χ4n) is 3.57. The maximum absolute atomic E-state index is 13.0. The zero-order valence-corrected chi connectivity index (χ0v) is 17.3. The third-order valence-electron chi connectivity index (χ3n) is 5.09. The molecular weight excluding hydrogens is 400 g/mol. The van der Waals surface area contributed by atoms with E-state index in [1.165, 1.54) is 23.3 Å². The number of Topliss-reactive ketones (excluding diaryl/α,β-unsaturated/α-hetero) is 1. The smallest absolute Gasteiger partial charge is 0.296 e. The molecule has 0 radical (unpaired) electrons. The van der Waals surface area contributed by atoms with E-state index >= 15 is 0 Å². The number of likely N-dealkylation sites (tertiary alicyclic amines) is 1. The molecule has 3 heterocycles. The largest absolute Gasteiger partial charge is 0.507 e. The van der Waals surface area contributed by atoms with Crippen LogP contribution in [0.25, 0.3) is 5.76 Å². The number of nitrogens with zero attached hydrogens (tertiary/aromatic N) is 2. The molecule has 4 rings (SSSR count). The van der Waals surface area contributed by atoms with Crippen molar-refractivity contribution < 1.29 is 19.4 Å². The second kappa shape index (κ2) is 8.12. The fraction of sp³-hybridized carbons (Fsp3) is 0.174. The molecule has 1 fully saturated rings. The first-order chi connectivity index (χ1) is 14.5. The third-order valence-corrected chi connectivity index (χ3v) is 6.16. The van der Waals surface area contributed by atoms with Gasteiger partial charge in [-0.1, -0.05) is 18.2 Å². The summed E-state index contributed by atoms with van der Waals surface area (Å²) in [6.45, 7) is 2.10. The number of carbonyl (C=O) groups excluding carboxylic acids is 2. The molecule has 1 aromatic carbocycles. The van der Waals surface area contributed by atoms with Crippen LogP contribution in [0.3, 0.4) is 0 Å². The zero-order chi connectivity index (χ0) is 21.3. The maximum atomic E-state index is 13.0. The summed E-state index contributed by atoms with van der Waals surface area (Å²) < 4.78 is 5.23. The van der Waals surface area contributed by atoms with Crippen LogP contribution in [0.15, 0.2) is 65.7 Å². The molecule has 6 nitrogen and oxygen atoms in total. The van der Waals surface area contributed by atoms with Crippen molar-refractivity contribution in [3.05, 3.63) is 87.4 Å². The van der Waals surface area contributed by atoms with E-state index in [1.807, 2.05) is 24.4 Å². The number of rotatable bonds is 5. The predicted octanol–water partition coefficient (Wildman–Crippen LogP) is 4.08. The minimum Gasteiger partial charge on any atom is -0.507 e. The lowest BCUT2D eigenvalue weighted by Gasteiger charge is -2.24. The minimum atomic E-state index is -0.705. The predicted molar refractivity (Wildman–Crippen MR) is 114 cm³/mol. The molecule has 0 spiro atoms. The Hall–Kier alpha value is -3.45. The van der Waals surface area contributed by atoms with Gasteiger partial charge in [0.25, 0.3) is 11.7 Å². The monoisotopic (exact) mass is 420 g/mol. The molecule has 2 aromatic heterocycles. The van der Waals surface area contributed by atoms with Crippen LogP contribution < -0.4 is 4.74 Å². The van der Waals surface area contributed by atoms with Gasteiger partial charge in [0.15, 0.2) is 0 Å². The molecular formula is C23H20N2O4S. The average molecular weight is 420 g/mol. The summed E-state index contributed by atoms with van der Waals surface area (Å²) >= 11 is 1.45. The number of aliphatic hydroxyl groups excluding tert-OH is 1. The summed E-state index contributed by atoms with van der Waals surface area (Å²) in [5, 5.41) is 13.0. The Labute approximate surface area is 178 Å². The van der Waals surface area contributed by atoms with Crippen molar-refractivity contribution in [2.75, 3.05) is 7.11 Å². The summed E-state index contributed by atoms with van der Waals surface area (Å²) in [6.07, 6.45) is 1.65. The first-order valence-corrected chi connectivity index (χ1v) is 10.3. The van der Waals surface area contributed by atoms with Gasteiger partial charge in [-0.05, 0) is 48.2 Å². The minimum absolute atomic E-state index is 0.0785. The molecule has 1 unspecified atom stereocenters. The number of aryl methyl sites for hydroxylation is 1. The SMILES string of the molecule is COc1cccc(/C(O)=C2/C(=O)C(=O)N(Cc3ccccn3)C2c2sccc2C)c1. The van der Waals surface area contributed by atoms with Crippen LogP contribution in [0.1, 0.15) is 27.7 Å². The Morgan fingerprint density at radius 1 is 1.20 bits per heavy atom. The van der Waals surface area contributed by atoms with Crippen LogP contribution in [0.4, 0.5) is 0 Å². The van der Waals surface area contributed by atoms with E-state index in [9.17, 15) is 14.7 Å². The van der Waals surface area contributed by atoms with Gasteiger partial charge in [-0.15, -0.1) is 11.3 Å². The standard InChI is InChI=1S/C23H20N2O4S/c1-14-9-11-30-22(14)19-18(20(26)15-6-5-8-17(12-15)29-2)21(27)23(28)25(19)13-16-7-3-4-10-24-16/h3-12,19,26H,13H2,1-2H3/b20-18-. The number of pyridine rings is 1. The van der Waals surface area contributed by atoms with Crippen LogP contribution in [0, 0.1) is 6.92 Å². The highest BCUT2D eigenvalue weighted by Gasteiger charge is 2.47. The van der Waals surface area contributed by atoms with Gasteiger partial charge in [-0.25, -0.2) is 0 Å². The van der Waals surface area contributed by atoms with Gasteiger partial charge in [0.1, 0.15) is 17.6 Å². The Kier molecular flexibility index (Phi) is 5.37. The molecule has 1 atom stereocenters. The number of thiophene rings is 1. The number of aromatic nitrogens is 1. The maximum Gasteiger partial charge on any atom is 0.296 e. The lowest BCUT2D eigenvalue weighted by atomic mass is 9.98. The van der Waals surface area contributed by atoms with Gasteiger partial charge in [-0.3, -0.25) is 14.6 Å². The van der Waals surface area contributed by atoms with E-state index in [2.05, 4.69) is 4.98 Å². The average Bonchev–Trinajstić information content (AvgIpc) is 3.30. The number of methoxy groups -OCH3 is 1. The van der Waals surface area contributed by atoms with Gasteiger partial charge < -0.3 is 14.7 Å². The number of hydrogen-bond acceptors (Lipinski definition) is 6. The van der Waals surface area contributed by atoms with Gasteiger partial charge in [0, 0.05) is 16.6 Å². The Morgan fingerprint density at radius 3 is 2.70 bits per heavy atom. The summed E-state index contributed by atoms with van der Waals surface area (Å²) in [5.41, 5.74) is 2.12. The second-order valence-electron chi connectivity index (χ2n) is 6.95. The number of amides is 1. The molecule has 0 saturated carbocycles. The highest BCUT2D eigenvalue weighted by Crippen LogP contribution is 2.43. The normalized spacial score (nSPS) is 18.1. The second-order valence-corrected chi connectivity index (χ2v) is 7.90. The molecule has 30 heavy (non-hydrogen) atoms. The van der Waals surface area contributed by atoms with Crippen molar-refractivity contribution >= 4 is 28.8 Å². The summed E-state index contributed by atoms with van der Waals surface area (Å²) in [4.78, 5) is 32.6. The van der Waals surface area contributed by atoms with E-state index in [-0.39, 0.29) is 17.9 Å². The van der Waals surface area contributed by atoms with Crippen molar-refractivity contribution in [3.8, 4) is 5.75 Å². The summed E-state index contributed by atoms with van der Waals surface area (Å²) in [6, 6.07) is 13.5. The van der Waals surface area contributed by atoms with E-state index < -0.39 is 17.7 Å². The summed E-state index contributed by atoms with van der Waals surface area (Å²) in [7, 11) is 1.53. The van der Waals surface area contributed by atoms with Crippen LogP contribution in [-0.4, -0.2) is 33.8 Å². The lowest BCUT2D eigenvalue weighted by molar-refractivity contribution is -0.140. The Balaban J connectivity index is 1.87. The molecule has 1 N–H and O–H groups in total. The lowest BCUT2D eigenvalue weighted by Crippen LogP contribution is -2.29. The van der Waals surface area contributed by atoms with Crippen LogP contribution in [0.5, 0.6) is 5.75 Å². The Bertz CT molecular complexity index is 1140. The van der Waals surface area contributed by atoms with E-state index in [4.69, 9.17) is 4.74 Å². The molecule has 0 aliphatic carbocycles. The van der Waals surface area contributed by atoms with Crippen LogP contribution >= 0.6 is 11.3 Å². The number of carbonyl (C=O) groups is 2. The van der Waals surface area contributed by atoms with E-state index in [0.29, 0.717) is 17.0 Å². The molecule has 1 saturated heterocycles. The van der Waals surface area contributed by atoms with Gasteiger partial charge in [0.2, 0.25) is 0 Å². The highest BCUT2D eigenvalue weighted by molar-refractivity contribution is 7.10. The first-order valence-electron chi connectivity index (χ1n) is 9.38. The molecule has 1 aliphatic rings. The van der Waals surface area contributed by atoms with Crippen molar-refractivity contribution in [3.63, 3.8) is 0 Å². The van der Waals surface area contributed by atoms with Crippen molar-refractivity contribution in [1.82, 2.24) is 9.88 Å². The topological polar surface area (TPSA) is 79.7 Å². The molecule has 7 heteroatoms. The number of aliphatic hydroxyl groups is 1. The van der Waals surface area contributed by atoms with Crippen molar-refractivity contribution in [2.24, 2.45) is 0 Å². The molecule has 3 aromatic rings. The molecule has 0 bridgehead atoms. The van der Waals surface area contributed by atoms with Gasteiger partial charge in [-0.2, -0.15) is 0 Å².